The number of rotatable bonds is 4. The fourth-order valence-corrected chi connectivity index (χ4v) is 4.14. The molecule has 0 amide bonds. The lowest BCUT2D eigenvalue weighted by Gasteiger charge is -2.10. The number of benzene rings is 1. The van der Waals surface area contributed by atoms with E-state index in [2.05, 4.69) is 20.7 Å². The molecule has 0 radical (unpaired) electrons. The van der Waals surface area contributed by atoms with Gasteiger partial charge in [-0.2, -0.15) is 0 Å². The van der Waals surface area contributed by atoms with Gasteiger partial charge in [-0.1, -0.05) is 0 Å². The Balaban J connectivity index is 2.37. The van der Waals surface area contributed by atoms with Crippen LogP contribution in [0.4, 0.5) is 10.1 Å². The summed E-state index contributed by atoms with van der Waals surface area (Å²) in [6.07, 6.45) is 0. The SMILES string of the molecule is Cc1cc(F)c(Br)cc1NS(=O)(=O)c1cc(C(=O)O)cs1. The molecule has 21 heavy (non-hydrogen) atoms. The van der Waals surface area contributed by atoms with Crippen molar-refractivity contribution >= 4 is 48.9 Å². The molecule has 0 spiro atoms. The number of thiophene rings is 1. The number of carboxylic acid groups (broad SMARTS) is 1. The van der Waals surface area contributed by atoms with Crippen LogP contribution in [0.15, 0.2) is 32.3 Å². The average Bonchev–Trinajstić information content (AvgIpc) is 2.86. The minimum absolute atomic E-state index is 0.0996. The van der Waals surface area contributed by atoms with Crippen LogP contribution in [0.25, 0.3) is 0 Å². The summed E-state index contributed by atoms with van der Waals surface area (Å²) in [7, 11) is -3.92. The minimum atomic E-state index is -3.92. The monoisotopic (exact) mass is 393 g/mol. The maximum atomic E-state index is 13.3. The van der Waals surface area contributed by atoms with E-state index >= 15 is 0 Å². The van der Waals surface area contributed by atoms with Crippen molar-refractivity contribution in [3.63, 3.8) is 0 Å². The molecule has 0 aliphatic heterocycles. The first kappa shape index (κ1) is 15.9. The largest absolute Gasteiger partial charge is 0.478 e. The van der Waals surface area contributed by atoms with Crippen LogP contribution >= 0.6 is 27.3 Å². The number of carbonyl (C=O) groups is 1. The van der Waals surface area contributed by atoms with Crippen LogP contribution < -0.4 is 4.72 Å². The molecule has 9 heteroatoms. The van der Waals surface area contributed by atoms with Gasteiger partial charge in [-0.05, 0) is 46.6 Å². The summed E-state index contributed by atoms with van der Waals surface area (Å²) in [5.41, 5.74) is 0.528. The van der Waals surface area contributed by atoms with Gasteiger partial charge in [-0.3, -0.25) is 4.72 Å². The fraction of sp³-hybridized carbons (Fsp3) is 0.0833. The third kappa shape index (κ3) is 3.42. The molecule has 0 aliphatic carbocycles. The number of anilines is 1. The molecule has 112 valence electrons. The second-order valence-corrected chi connectivity index (χ2v) is 7.82. The molecule has 2 rings (SSSR count). The number of nitrogens with one attached hydrogen (secondary N) is 1. The molecule has 1 heterocycles. The number of hydrogen-bond donors (Lipinski definition) is 2. The second kappa shape index (κ2) is 5.74. The Labute approximate surface area is 132 Å². The van der Waals surface area contributed by atoms with Gasteiger partial charge in [0.05, 0.1) is 15.7 Å². The van der Waals surface area contributed by atoms with E-state index < -0.39 is 21.8 Å². The molecular formula is C12H9BrFNO4S2. The topological polar surface area (TPSA) is 83.5 Å². The van der Waals surface area contributed by atoms with Crippen LogP contribution in [0, 0.1) is 12.7 Å². The Bertz CT molecular complexity index is 817. The summed E-state index contributed by atoms with van der Waals surface area (Å²) in [4.78, 5) is 10.8. The summed E-state index contributed by atoms with van der Waals surface area (Å²) < 4.78 is 40.0. The number of aryl methyl sites for hydroxylation is 1. The van der Waals surface area contributed by atoms with Crippen molar-refractivity contribution in [2.45, 2.75) is 11.1 Å². The number of aromatic carboxylic acids is 1. The number of carboxylic acids is 1. The standard InChI is InChI=1S/C12H9BrFNO4S2/c1-6-2-9(14)8(13)4-10(6)15-21(18,19)11-3-7(5-20-11)12(16)17/h2-5,15H,1H3,(H,16,17). The Morgan fingerprint density at radius 1 is 1.38 bits per heavy atom. The van der Waals surface area contributed by atoms with Gasteiger partial charge < -0.3 is 5.11 Å². The molecule has 1 aromatic heterocycles. The van der Waals surface area contributed by atoms with Crippen LogP contribution in [-0.2, 0) is 10.0 Å². The van der Waals surface area contributed by atoms with Crippen molar-refractivity contribution in [3.8, 4) is 0 Å². The summed E-state index contributed by atoms with van der Waals surface area (Å²) in [6, 6.07) is 3.58. The molecule has 0 saturated carbocycles. The van der Waals surface area contributed by atoms with E-state index in [1.165, 1.54) is 17.5 Å². The minimum Gasteiger partial charge on any atom is -0.478 e. The van der Waals surface area contributed by atoms with Crippen molar-refractivity contribution in [3.05, 3.63) is 45.0 Å². The van der Waals surface area contributed by atoms with E-state index in [9.17, 15) is 17.6 Å². The highest BCUT2D eigenvalue weighted by atomic mass is 79.9. The molecule has 0 aliphatic rings. The Hall–Kier alpha value is -1.45. The highest BCUT2D eigenvalue weighted by Crippen LogP contribution is 2.28. The predicted octanol–water partition coefficient (Wildman–Crippen LogP) is 3.46. The lowest BCUT2D eigenvalue weighted by Crippen LogP contribution is -2.12. The molecule has 0 atom stereocenters. The van der Waals surface area contributed by atoms with Gasteiger partial charge in [-0.15, -0.1) is 11.3 Å². The highest BCUT2D eigenvalue weighted by Gasteiger charge is 2.20. The van der Waals surface area contributed by atoms with Gasteiger partial charge in [0, 0.05) is 5.38 Å². The summed E-state index contributed by atoms with van der Waals surface area (Å²) in [5.74, 6) is -1.70. The van der Waals surface area contributed by atoms with Crippen molar-refractivity contribution in [2.75, 3.05) is 4.72 Å². The highest BCUT2D eigenvalue weighted by molar-refractivity contribution is 9.10. The van der Waals surface area contributed by atoms with Gasteiger partial charge in [0.2, 0.25) is 0 Å². The first-order chi connectivity index (χ1) is 9.70. The quantitative estimate of drug-likeness (QED) is 0.832. The zero-order valence-electron chi connectivity index (χ0n) is 10.6. The summed E-state index contributed by atoms with van der Waals surface area (Å²) in [5, 5.41) is 10.0. The number of hydrogen-bond acceptors (Lipinski definition) is 4. The number of sulfonamides is 1. The van der Waals surface area contributed by atoms with Crippen LogP contribution in [0.3, 0.4) is 0 Å². The number of halogens is 2. The van der Waals surface area contributed by atoms with E-state index in [4.69, 9.17) is 5.11 Å². The van der Waals surface area contributed by atoms with Crippen LogP contribution in [-0.4, -0.2) is 19.5 Å². The van der Waals surface area contributed by atoms with E-state index in [1.54, 1.807) is 6.92 Å². The zero-order chi connectivity index (χ0) is 15.8. The Morgan fingerprint density at radius 2 is 2.05 bits per heavy atom. The Morgan fingerprint density at radius 3 is 2.62 bits per heavy atom. The Kier molecular flexibility index (Phi) is 4.35. The van der Waals surface area contributed by atoms with E-state index in [1.807, 2.05) is 0 Å². The molecule has 1 aromatic carbocycles. The van der Waals surface area contributed by atoms with Crippen LogP contribution in [0.1, 0.15) is 15.9 Å². The third-order valence-electron chi connectivity index (χ3n) is 2.60. The second-order valence-electron chi connectivity index (χ2n) is 4.15. The van der Waals surface area contributed by atoms with E-state index in [0.717, 1.165) is 17.4 Å². The molecule has 0 unspecified atom stereocenters. The molecule has 0 bridgehead atoms. The molecule has 0 fully saturated rings. The van der Waals surface area contributed by atoms with Crippen molar-refractivity contribution < 1.29 is 22.7 Å². The first-order valence-corrected chi connectivity index (χ1v) is 8.66. The van der Waals surface area contributed by atoms with Crippen molar-refractivity contribution in [1.82, 2.24) is 0 Å². The summed E-state index contributed by atoms with van der Waals surface area (Å²) >= 11 is 3.78. The summed E-state index contributed by atoms with van der Waals surface area (Å²) in [6.45, 7) is 1.56. The molecule has 2 aromatic rings. The van der Waals surface area contributed by atoms with Gasteiger partial charge >= 0.3 is 5.97 Å². The average molecular weight is 394 g/mol. The maximum absolute atomic E-state index is 13.3. The lowest BCUT2D eigenvalue weighted by atomic mass is 10.2. The van der Waals surface area contributed by atoms with E-state index in [0.29, 0.717) is 5.56 Å². The molecule has 5 nitrogen and oxygen atoms in total. The molecule has 2 N–H and O–H groups in total. The van der Waals surface area contributed by atoms with Crippen molar-refractivity contribution in [2.24, 2.45) is 0 Å². The normalized spacial score (nSPS) is 11.4. The zero-order valence-corrected chi connectivity index (χ0v) is 13.8. The van der Waals surface area contributed by atoms with Gasteiger partial charge in [0.15, 0.2) is 0 Å². The fourth-order valence-electron chi connectivity index (χ4n) is 1.52. The predicted molar refractivity (Wildman–Crippen MR) is 80.9 cm³/mol. The molecular weight excluding hydrogens is 385 g/mol. The van der Waals surface area contributed by atoms with Crippen LogP contribution in [0.5, 0.6) is 0 Å². The lowest BCUT2D eigenvalue weighted by molar-refractivity contribution is 0.0697. The van der Waals surface area contributed by atoms with Gasteiger partial charge in [-0.25, -0.2) is 17.6 Å². The first-order valence-electron chi connectivity index (χ1n) is 5.51. The van der Waals surface area contributed by atoms with Crippen LogP contribution in [0.2, 0.25) is 0 Å². The van der Waals surface area contributed by atoms with E-state index in [-0.39, 0.29) is 19.9 Å². The van der Waals surface area contributed by atoms with Gasteiger partial charge in [0.1, 0.15) is 10.0 Å². The smallest absolute Gasteiger partial charge is 0.336 e. The molecule has 0 saturated heterocycles. The third-order valence-corrected chi connectivity index (χ3v) is 6.01. The maximum Gasteiger partial charge on any atom is 0.336 e. The van der Waals surface area contributed by atoms with Gasteiger partial charge in [0.25, 0.3) is 10.0 Å². The van der Waals surface area contributed by atoms with Crippen molar-refractivity contribution in [1.29, 1.82) is 0 Å².